The molecule has 4 nitrogen and oxygen atoms in total. The number of amides is 1. The SMILES string of the molecule is CC(=O)N(c1cc(Cl)c(C)cc1Cl)C1CSC(=NC2CCCCC2)N1C. The van der Waals surface area contributed by atoms with Crippen LogP contribution in [-0.2, 0) is 4.79 Å². The van der Waals surface area contributed by atoms with Gasteiger partial charge in [-0.2, -0.15) is 0 Å². The summed E-state index contributed by atoms with van der Waals surface area (Å²) in [5.41, 5.74) is 1.56. The van der Waals surface area contributed by atoms with Crippen molar-refractivity contribution in [2.45, 2.75) is 58.2 Å². The lowest BCUT2D eigenvalue weighted by molar-refractivity contribution is -0.117. The molecular formula is C19H25Cl2N3OS. The van der Waals surface area contributed by atoms with E-state index in [1.54, 1.807) is 29.7 Å². The highest BCUT2D eigenvalue weighted by atomic mass is 35.5. The fraction of sp³-hybridized carbons (Fsp3) is 0.579. The summed E-state index contributed by atoms with van der Waals surface area (Å²) in [6.45, 7) is 3.47. The van der Waals surface area contributed by atoms with Crippen molar-refractivity contribution >= 4 is 51.7 Å². The van der Waals surface area contributed by atoms with Crippen LogP contribution >= 0.6 is 35.0 Å². The molecule has 0 spiro atoms. The van der Waals surface area contributed by atoms with Crippen LogP contribution in [0.4, 0.5) is 5.69 Å². The van der Waals surface area contributed by atoms with Gasteiger partial charge in [-0.25, -0.2) is 0 Å². The smallest absolute Gasteiger partial charge is 0.225 e. The number of hydrogen-bond acceptors (Lipinski definition) is 3. The number of aryl methyl sites for hydroxylation is 1. The second kappa shape index (κ2) is 8.41. The molecule has 0 bridgehead atoms. The number of hydrogen-bond donors (Lipinski definition) is 0. The maximum absolute atomic E-state index is 12.5. The van der Waals surface area contributed by atoms with Gasteiger partial charge in [0.15, 0.2) is 5.17 Å². The maximum atomic E-state index is 12.5. The summed E-state index contributed by atoms with van der Waals surface area (Å²) in [5.74, 6) is 0.715. The number of rotatable bonds is 3. The molecule has 0 N–H and O–H groups in total. The van der Waals surface area contributed by atoms with Gasteiger partial charge < -0.3 is 4.90 Å². The number of halogens is 2. The Morgan fingerprint density at radius 3 is 2.58 bits per heavy atom. The van der Waals surface area contributed by atoms with E-state index in [4.69, 9.17) is 28.2 Å². The highest BCUT2D eigenvalue weighted by Crippen LogP contribution is 2.36. The second-order valence-electron chi connectivity index (χ2n) is 7.05. The van der Waals surface area contributed by atoms with Crippen molar-refractivity contribution in [1.82, 2.24) is 4.90 Å². The van der Waals surface area contributed by atoms with Gasteiger partial charge in [0.1, 0.15) is 6.17 Å². The summed E-state index contributed by atoms with van der Waals surface area (Å²) < 4.78 is 0. The number of aliphatic imine (C=N–C) groups is 1. The van der Waals surface area contributed by atoms with Crippen LogP contribution in [0.5, 0.6) is 0 Å². The molecule has 0 radical (unpaired) electrons. The van der Waals surface area contributed by atoms with Crippen LogP contribution in [0.15, 0.2) is 17.1 Å². The Bertz CT molecular complexity index is 719. The lowest BCUT2D eigenvalue weighted by Gasteiger charge is -2.33. The molecule has 1 heterocycles. The summed E-state index contributed by atoms with van der Waals surface area (Å²) in [6, 6.07) is 4.01. The van der Waals surface area contributed by atoms with E-state index in [2.05, 4.69) is 4.90 Å². The number of anilines is 1. The number of benzene rings is 1. The molecule has 0 aromatic heterocycles. The summed E-state index contributed by atoms with van der Waals surface area (Å²) >= 11 is 14.5. The molecular weight excluding hydrogens is 389 g/mol. The number of thioether (sulfide) groups is 1. The average Bonchev–Trinajstić information content (AvgIpc) is 2.94. The Balaban J connectivity index is 1.86. The van der Waals surface area contributed by atoms with Crippen molar-refractivity contribution in [3.63, 3.8) is 0 Å². The zero-order valence-electron chi connectivity index (χ0n) is 15.5. The molecule has 7 heteroatoms. The zero-order valence-corrected chi connectivity index (χ0v) is 17.8. The first-order valence-corrected chi connectivity index (χ1v) is 10.8. The van der Waals surface area contributed by atoms with Gasteiger partial charge in [-0.15, -0.1) is 0 Å². The molecule has 3 rings (SSSR count). The monoisotopic (exact) mass is 413 g/mol. The normalized spacial score (nSPS) is 22.9. The number of nitrogens with zero attached hydrogens (tertiary/aromatic N) is 3. The number of carbonyl (C=O) groups is 1. The fourth-order valence-electron chi connectivity index (χ4n) is 3.59. The van der Waals surface area contributed by atoms with Crippen LogP contribution in [0.25, 0.3) is 0 Å². The van der Waals surface area contributed by atoms with Crippen LogP contribution in [-0.4, -0.2) is 41.0 Å². The number of carbonyl (C=O) groups excluding carboxylic acids is 1. The van der Waals surface area contributed by atoms with E-state index in [9.17, 15) is 4.79 Å². The van der Waals surface area contributed by atoms with Gasteiger partial charge in [0.05, 0.1) is 16.8 Å². The highest BCUT2D eigenvalue weighted by molar-refractivity contribution is 8.14. The summed E-state index contributed by atoms with van der Waals surface area (Å²) in [6.07, 6.45) is 6.05. The average molecular weight is 414 g/mol. The third-order valence-electron chi connectivity index (χ3n) is 5.10. The Morgan fingerprint density at radius 2 is 1.92 bits per heavy atom. The van der Waals surface area contributed by atoms with E-state index in [1.807, 2.05) is 20.0 Å². The third kappa shape index (κ3) is 4.15. The Labute approximate surface area is 169 Å². The molecule has 2 aliphatic rings. The van der Waals surface area contributed by atoms with Gasteiger partial charge in [-0.1, -0.05) is 54.2 Å². The van der Waals surface area contributed by atoms with Crippen LogP contribution in [0, 0.1) is 6.92 Å². The molecule has 1 unspecified atom stereocenters. The molecule has 1 saturated heterocycles. The quantitative estimate of drug-likeness (QED) is 0.669. The van der Waals surface area contributed by atoms with Crippen molar-refractivity contribution in [3.8, 4) is 0 Å². The third-order valence-corrected chi connectivity index (χ3v) is 6.93. The standard InChI is InChI=1S/C19H25Cl2N3OS/c1-12-9-16(21)17(10-15(12)20)24(13(2)25)18-11-26-19(23(18)3)22-14-7-5-4-6-8-14/h9-10,14,18H,4-8,11H2,1-3H3. The lowest BCUT2D eigenvalue weighted by atomic mass is 9.96. The molecule has 1 amide bonds. The first kappa shape index (κ1) is 19.8. The minimum atomic E-state index is -0.115. The van der Waals surface area contributed by atoms with Crippen molar-refractivity contribution in [3.05, 3.63) is 27.7 Å². The summed E-state index contributed by atoms with van der Waals surface area (Å²) in [7, 11) is 2.01. The molecule has 1 saturated carbocycles. The first-order valence-electron chi connectivity index (χ1n) is 9.07. The van der Waals surface area contributed by atoms with Gasteiger partial charge in [0.25, 0.3) is 0 Å². The molecule has 142 valence electrons. The summed E-state index contributed by atoms with van der Waals surface area (Å²) in [4.78, 5) is 21.3. The minimum absolute atomic E-state index is 0.0526. The van der Waals surface area contributed by atoms with E-state index in [-0.39, 0.29) is 12.1 Å². The van der Waals surface area contributed by atoms with E-state index < -0.39 is 0 Å². The van der Waals surface area contributed by atoms with Gasteiger partial charge in [-0.3, -0.25) is 14.7 Å². The Hall–Kier alpha value is -0.910. The van der Waals surface area contributed by atoms with E-state index >= 15 is 0 Å². The van der Waals surface area contributed by atoms with Crippen molar-refractivity contribution in [1.29, 1.82) is 0 Å². The molecule has 1 aliphatic heterocycles. The van der Waals surface area contributed by atoms with Crippen LogP contribution in [0.3, 0.4) is 0 Å². The highest BCUT2D eigenvalue weighted by Gasteiger charge is 2.36. The Kier molecular flexibility index (Phi) is 6.41. The predicted octanol–water partition coefficient (Wildman–Crippen LogP) is 5.35. The molecule has 1 aromatic carbocycles. The van der Waals surface area contributed by atoms with Gasteiger partial charge in [0, 0.05) is 24.7 Å². The second-order valence-corrected chi connectivity index (χ2v) is 8.85. The van der Waals surface area contributed by atoms with Gasteiger partial charge in [0.2, 0.25) is 5.91 Å². The number of amidine groups is 1. The molecule has 2 fully saturated rings. The van der Waals surface area contributed by atoms with Gasteiger partial charge >= 0.3 is 0 Å². The van der Waals surface area contributed by atoms with Crippen LogP contribution in [0.1, 0.15) is 44.6 Å². The topological polar surface area (TPSA) is 35.9 Å². The fourth-order valence-corrected chi connectivity index (χ4v) is 5.28. The molecule has 26 heavy (non-hydrogen) atoms. The zero-order chi connectivity index (χ0) is 18.8. The summed E-state index contributed by atoms with van der Waals surface area (Å²) in [5, 5.41) is 2.17. The van der Waals surface area contributed by atoms with Crippen molar-refractivity contribution < 1.29 is 4.79 Å². The van der Waals surface area contributed by atoms with Crippen LogP contribution in [0.2, 0.25) is 10.0 Å². The van der Waals surface area contributed by atoms with Crippen molar-refractivity contribution in [2.24, 2.45) is 4.99 Å². The van der Waals surface area contributed by atoms with Gasteiger partial charge in [-0.05, 0) is 37.5 Å². The maximum Gasteiger partial charge on any atom is 0.225 e. The van der Waals surface area contributed by atoms with E-state index in [0.717, 1.165) is 16.5 Å². The van der Waals surface area contributed by atoms with Crippen molar-refractivity contribution in [2.75, 3.05) is 17.7 Å². The van der Waals surface area contributed by atoms with Crippen LogP contribution < -0.4 is 4.90 Å². The molecule has 1 aliphatic carbocycles. The Morgan fingerprint density at radius 1 is 1.23 bits per heavy atom. The lowest BCUT2D eigenvalue weighted by Crippen LogP contribution is -2.48. The minimum Gasteiger partial charge on any atom is -0.333 e. The first-order chi connectivity index (χ1) is 12.4. The molecule has 1 atom stereocenters. The van der Waals surface area contributed by atoms with E-state index in [0.29, 0.717) is 21.8 Å². The molecule has 1 aromatic rings. The van der Waals surface area contributed by atoms with E-state index in [1.165, 1.54) is 32.1 Å². The largest absolute Gasteiger partial charge is 0.333 e. The predicted molar refractivity (Wildman–Crippen MR) is 113 cm³/mol.